The zero-order valence-corrected chi connectivity index (χ0v) is 16.4. The molecule has 7 nitrogen and oxygen atoms in total. The van der Waals surface area contributed by atoms with Crippen LogP contribution in [0.3, 0.4) is 0 Å². The highest BCUT2D eigenvalue weighted by Gasteiger charge is 2.07. The Hall–Kier alpha value is -3.30. The van der Waals surface area contributed by atoms with Crippen molar-refractivity contribution in [1.29, 1.82) is 0 Å². The van der Waals surface area contributed by atoms with Crippen LogP contribution in [0.5, 0.6) is 5.75 Å². The summed E-state index contributed by atoms with van der Waals surface area (Å²) in [4.78, 5) is 0.677. The number of hydrogen-bond donors (Lipinski definition) is 3. The fourth-order valence-electron chi connectivity index (χ4n) is 2.28. The molecule has 28 heavy (non-hydrogen) atoms. The molecular weight excluding hydrogens is 396 g/mol. The van der Waals surface area contributed by atoms with Crippen molar-refractivity contribution >= 4 is 46.8 Å². The van der Waals surface area contributed by atoms with E-state index in [1.165, 1.54) is 25.0 Å². The lowest BCUT2D eigenvalue weighted by Crippen LogP contribution is -2.15. The average molecular weight is 412 g/mol. The van der Waals surface area contributed by atoms with Crippen LogP contribution in [0.2, 0.25) is 0 Å². The second-order valence-corrected chi connectivity index (χ2v) is 6.46. The molecule has 9 heteroatoms. The van der Waals surface area contributed by atoms with E-state index < -0.39 is 0 Å². The van der Waals surface area contributed by atoms with Crippen molar-refractivity contribution in [3.63, 3.8) is 0 Å². The second kappa shape index (κ2) is 9.07. The second-order valence-electron chi connectivity index (χ2n) is 5.64. The van der Waals surface area contributed by atoms with Crippen molar-refractivity contribution in [2.75, 3.05) is 0 Å². The van der Waals surface area contributed by atoms with Crippen LogP contribution in [0, 0.1) is 6.92 Å². The van der Waals surface area contributed by atoms with E-state index >= 15 is 0 Å². The number of aromatic hydroxyl groups is 1. The van der Waals surface area contributed by atoms with Gasteiger partial charge in [-0.2, -0.15) is 10.2 Å². The fourth-order valence-corrected chi connectivity index (χ4v) is 2.62. The molecule has 0 saturated carbocycles. The van der Waals surface area contributed by atoms with E-state index in [-0.39, 0.29) is 5.75 Å². The van der Waals surface area contributed by atoms with Crippen LogP contribution in [0.4, 0.5) is 0 Å². The Bertz CT molecular complexity index is 946. The van der Waals surface area contributed by atoms with Crippen molar-refractivity contribution in [2.45, 2.75) is 6.92 Å². The average Bonchev–Trinajstić information content (AvgIpc) is 3.38. The van der Waals surface area contributed by atoms with Gasteiger partial charge in [0.2, 0.25) is 0 Å². The molecule has 0 aliphatic heterocycles. The molecule has 0 spiro atoms. The maximum absolute atomic E-state index is 10.5. The van der Waals surface area contributed by atoms with Gasteiger partial charge in [0.05, 0.1) is 25.0 Å². The van der Waals surface area contributed by atoms with Crippen molar-refractivity contribution in [2.24, 2.45) is 10.2 Å². The van der Waals surface area contributed by atoms with Crippen LogP contribution in [0.25, 0.3) is 0 Å². The van der Waals surface area contributed by atoms with Crippen molar-refractivity contribution in [1.82, 2.24) is 10.9 Å². The first-order valence-corrected chi connectivity index (χ1v) is 8.93. The Balaban J connectivity index is 1.69. The summed E-state index contributed by atoms with van der Waals surface area (Å²) in [6.45, 7) is 1.90. The van der Waals surface area contributed by atoms with Crippen LogP contribution in [0.15, 0.2) is 68.0 Å². The number of hydrogen-bond acceptors (Lipinski definition) is 7. The molecule has 2 heterocycles. The van der Waals surface area contributed by atoms with Gasteiger partial charge in [0.1, 0.15) is 5.75 Å². The first-order valence-electron chi connectivity index (χ1n) is 8.12. The van der Waals surface area contributed by atoms with E-state index in [2.05, 4.69) is 21.1 Å². The lowest BCUT2D eigenvalue weighted by Gasteiger charge is -2.06. The van der Waals surface area contributed by atoms with E-state index in [4.69, 9.17) is 33.3 Å². The molecule has 0 aliphatic carbocycles. The van der Waals surface area contributed by atoms with Crippen LogP contribution in [0.1, 0.15) is 28.2 Å². The number of thiocarbonyl (C=S) groups is 2. The molecule has 2 aromatic heterocycles. The number of aryl methyl sites for hydroxylation is 1. The highest BCUT2D eigenvalue weighted by atomic mass is 32.1. The number of furan rings is 2. The van der Waals surface area contributed by atoms with Crippen LogP contribution < -0.4 is 10.9 Å². The van der Waals surface area contributed by atoms with Gasteiger partial charge in [-0.05, 0) is 48.9 Å². The minimum Gasteiger partial charge on any atom is -0.507 e. The van der Waals surface area contributed by atoms with E-state index in [1.54, 1.807) is 36.4 Å². The van der Waals surface area contributed by atoms with E-state index in [1.807, 2.05) is 6.92 Å². The lowest BCUT2D eigenvalue weighted by molar-refractivity contribution is 0.473. The minimum absolute atomic E-state index is 0.0227. The zero-order valence-electron chi connectivity index (χ0n) is 14.7. The molecule has 3 aromatic rings. The summed E-state index contributed by atoms with van der Waals surface area (Å²) in [5.74, 6) is 1.04. The van der Waals surface area contributed by atoms with Crippen LogP contribution in [-0.4, -0.2) is 27.5 Å². The Morgan fingerprint density at radius 2 is 1.39 bits per heavy atom. The molecule has 0 bridgehead atoms. The lowest BCUT2D eigenvalue weighted by atomic mass is 10.1. The van der Waals surface area contributed by atoms with Crippen molar-refractivity contribution in [3.05, 3.63) is 77.1 Å². The summed E-state index contributed by atoms with van der Waals surface area (Å²) < 4.78 is 10.4. The minimum atomic E-state index is 0.0227. The van der Waals surface area contributed by atoms with Crippen molar-refractivity contribution < 1.29 is 13.9 Å². The molecule has 0 atom stereocenters. The zero-order chi connectivity index (χ0) is 19.9. The van der Waals surface area contributed by atoms with Crippen LogP contribution >= 0.6 is 24.4 Å². The van der Waals surface area contributed by atoms with Gasteiger partial charge >= 0.3 is 0 Å². The first-order chi connectivity index (χ1) is 13.5. The predicted octanol–water partition coefficient (Wildman–Crippen LogP) is 3.49. The largest absolute Gasteiger partial charge is 0.507 e. The normalized spacial score (nSPS) is 11.2. The highest BCUT2D eigenvalue weighted by molar-refractivity contribution is 7.80. The maximum Gasteiger partial charge on any atom is 0.162 e. The number of nitrogens with one attached hydrogen (secondary N) is 2. The molecule has 142 valence electrons. The predicted molar refractivity (Wildman–Crippen MR) is 115 cm³/mol. The number of phenols is 1. The SMILES string of the molecule is Cc1cc(/C=N/NC(=S)c2ccco2)c(O)c(/C=N/NC(=S)c2ccco2)c1. The van der Waals surface area contributed by atoms with Crippen molar-refractivity contribution in [3.8, 4) is 5.75 Å². The number of nitrogens with zero attached hydrogens (tertiary/aromatic N) is 2. The van der Waals surface area contributed by atoms with Gasteiger partial charge in [0.15, 0.2) is 21.5 Å². The van der Waals surface area contributed by atoms with Gasteiger partial charge in [-0.15, -0.1) is 0 Å². The first kappa shape index (κ1) is 19.5. The molecule has 3 N–H and O–H groups in total. The van der Waals surface area contributed by atoms with E-state index in [0.717, 1.165) is 5.56 Å². The van der Waals surface area contributed by atoms with Crippen LogP contribution in [-0.2, 0) is 0 Å². The van der Waals surface area contributed by atoms with Gasteiger partial charge in [-0.3, -0.25) is 10.9 Å². The molecule has 0 radical (unpaired) electrons. The number of benzene rings is 1. The van der Waals surface area contributed by atoms with E-state index in [9.17, 15) is 5.11 Å². The third-order valence-electron chi connectivity index (χ3n) is 3.54. The summed E-state index contributed by atoms with van der Waals surface area (Å²) in [5, 5.41) is 18.6. The smallest absolute Gasteiger partial charge is 0.162 e. The fraction of sp³-hybridized carbons (Fsp3) is 0.0526. The maximum atomic E-state index is 10.5. The summed E-state index contributed by atoms with van der Waals surface area (Å²) in [7, 11) is 0. The summed E-state index contributed by atoms with van der Waals surface area (Å²) in [6, 6.07) is 10.5. The number of phenolic OH excluding ortho intramolecular Hbond substituents is 1. The molecular formula is C19H16N4O3S2. The Morgan fingerprint density at radius 3 is 1.79 bits per heavy atom. The van der Waals surface area contributed by atoms with Gasteiger partial charge in [0, 0.05) is 11.1 Å². The molecule has 0 aliphatic rings. The third kappa shape index (κ3) is 4.90. The van der Waals surface area contributed by atoms with Gasteiger partial charge in [0.25, 0.3) is 0 Å². The molecule has 0 unspecified atom stereocenters. The van der Waals surface area contributed by atoms with E-state index in [0.29, 0.717) is 32.6 Å². The molecule has 0 saturated heterocycles. The molecule has 0 amide bonds. The quantitative estimate of drug-likeness (QED) is 0.324. The Kier molecular flexibility index (Phi) is 6.30. The highest BCUT2D eigenvalue weighted by Crippen LogP contribution is 2.21. The summed E-state index contributed by atoms with van der Waals surface area (Å²) in [6.07, 6.45) is 5.99. The summed E-state index contributed by atoms with van der Waals surface area (Å²) >= 11 is 10.3. The molecule has 1 aromatic carbocycles. The Labute approximate surface area is 171 Å². The van der Waals surface area contributed by atoms with Gasteiger partial charge in [-0.25, -0.2) is 0 Å². The van der Waals surface area contributed by atoms with Gasteiger partial charge < -0.3 is 13.9 Å². The monoisotopic (exact) mass is 412 g/mol. The topological polar surface area (TPSA) is 95.3 Å². The standard InChI is InChI=1S/C19H16N4O3S2/c1-12-8-13(10-20-22-18(27)15-4-2-6-25-15)17(24)14(9-12)11-21-23-19(28)16-5-3-7-26-16/h2-11,24H,1H3,(H,22,27)(H,23,28)/b20-10+,21-11+. The number of hydrazone groups is 2. The third-order valence-corrected chi connectivity index (χ3v) is 4.13. The number of rotatable bonds is 6. The summed E-state index contributed by atoms with van der Waals surface area (Å²) in [5.41, 5.74) is 7.32. The van der Waals surface area contributed by atoms with Gasteiger partial charge in [-0.1, -0.05) is 24.4 Å². The Morgan fingerprint density at radius 1 is 0.929 bits per heavy atom. The molecule has 0 fully saturated rings. The molecule has 3 rings (SSSR count).